The lowest BCUT2D eigenvalue weighted by Gasteiger charge is -2.34. The summed E-state index contributed by atoms with van der Waals surface area (Å²) in [4.78, 5) is 29.3. The zero-order chi connectivity index (χ0) is 19.7. The average molecular weight is 374 g/mol. The van der Waals surface area contributed by atoms with E-state index in [1.54, 1.807) is 11.8 Å². The molecule has 2 aromatic heterocycles. The maximum Gasteiger partial charge on any atom is 0.345 e. The molecule has 0 aliphatic carbocycles. The summed E-state index contributed by atoms with van der Waals surface area (Å²) in [6, 6.07) is 1.04. The first-order chi connectivity index (χ1) is 12.9. The Labute approximate surface area is 156 Å². The Bertz CT molecular complexity index is 878. The monoisotopic (exact) mass is 374 g/mol. The lowest BCUT2D eigenvalue weighted by molar-refractivity contribution is -0.384. The second-order valence-electron chi connectivity index (χ2n) is 6.60. The summed E-state index contributed by atoms with van der Waals surface area (Å²) in [5, 5.41) is 20.3. The molecule has 0 bridgehead atoms. The van der Waals surface area contributed by atoms with Crippen LogP contribution < -0.4 is 4.90 Å². The van der Waals surface area contributed by atoms with Crippen LogP contribution in [0.1, 0.15) is 61.7 Å². The van der Waals surface area contributed by atoms with E-state index in [0.717, 1.165) is 11.6 Å². The number of nitrogens with zero attached hydrogens (tertiary/aromatic N) is 6. The van der Waals surface area contributed by atoms with Gasteiger partial charge in [0.2, 0.25) is 5.82 Å². The highest BCUT2D eigenvalue weighted by molar-refractivity contribution is 5.96. The van der Waals surface area contributed by atoms with Gasteiger partial charge in [-0.05, 0) is 19.9 Å². The van der Waals surface area contributed by atoms with E-state index in [-0.39, 0.29) is 35.6 Å². The number of carbonyl (C=O) groups excluding carboxylic acids is 1. The van der Waals surface area contributed by atoms with Crippen LogP contribution in [0.2, 0.25) is 0 Å². The fraction of sp³-hybridized carbons (Fsp3) is 0.529. The van der Waals surface area contributed by atoms with Gasteiger partial charge >= 0.3 is 11.7 Å². The Morgan fingerprint density at radius 1 is 1.41 bits per heavy atom. The Balaban J connectivity index is 2.05. The Morgan fingerprint density at radius 3 is 2.78 bits per heavy atom. The smallest absolute Gasteiger partial charge is 0.345 e. The molecule has 10 heteroatoms. The van der Waals surface area contributed by atoms with Crippen LogP contribution in [-0.2, 0) is 11.3 Å². The number of aromatic nitrogens is 4. The first kappa shape index (κ1) is 18.7. The molecular formula is C17H22N6O4. The van der Waals surface area contributed by atoms with Crippen LogP contribution >= 0.6 is 0 Å². The summed E-state index contributed by atoms with van der Waals surface area (Å²) in [6.07, 6.45) is 1.39. The number of esters is 1. The highest BCUT2D eigenvalue weighted by Gasteiger charge is 2.36. The molecule has 0 amide bonds. The van der Waals surface area contributed by atoms with E-state index < -0.39 is 10.9 Å². The van der Waals surface area contributed by atoms with E-state index in [0.29, 0.717) is 13.1 Å². The van der Waals surface area contributed by atoms with E-state index >= 15 is 0 Å². The van der Waals surface area contributed by atoms with E-state index in [4.69, 9.17) is 4.74 Å². The molecule has 0 radical (unpaired) electrons. The maximum atomic E-state index is 12.2. The molecule has 27 heavy (non-hydrogen) atoms. The minimum Gasteiger partial charge on any atom is -0.462 e. The summed E-state index contributed by atoms with van der Waals surface area (Å²) < 4.78 is 7.01. The molecule has 2 aromatic rings. The number of carbonyl (C=O) groups is 1. The Morgan fingerprint density at radius 2 is 2.15 bits per heavy atom. The topological polar surface area (TPSA) is 116 Å². The summed E-state index contributed by atoms with van der Waals surface area (Å²) in [7, 11) is 0. The van der Waals surface area contributed by atoms with Crippen LogP contribution in [0.25, 0.3) is 0 Å². The van der Waals surface area contributed by atoms with Gasteiger partial charge in [0.1, 0.15) is 11.4 Å². The average Bonchev–Trinajstić information content (AvgIpc) is 3.07. The van der Waals surface area contributed by atoms with Gasteiger partial charge in [0.05, 0.1) is 17.6 Å². The third-order valence-electron chi connectivity index (χ3n) is 4.59. The van der Waals surface area contributed by atoms with Gasteiger partial charge in [-0.3, -0.25) is 10.1 Å². The number of pyridine rings is 1. The Hall–Kier alpha value is -3.04. The largest absolute Gasteiger partial charge is 0.462 e. The number of ether oxygens (including phenoxy) is 1. The zero-order valence-electron chi connectivity index (χ0n) is 15.7. The van der Waals surface area contributed by atoms with Crippen LogP contribution in [0.3, 0.4) is 0 Å². The first-order valence-electron chi connectivity index (χ1n) is 8.86. The van der Waals surface area contributed by atoms with Crippen LogP contribution in [0.5, 0.6) is 0 Å². The molecular weight excluding hydrogens is 352 g/mol. The fourth-order valence-corrected chi connectivity index (χ4v) is 3.33. The summed E-state index contributed by atoms with van der Waals surface area (Å²) in [5.41, 5.74) is -0.450. The van der Waals surface area contributed by atoms with Gasteiger partial charge in [0, 0.05) is 25.2 Å². The molecule has 1 atom stereocenters. The van der Waals surface area contributed by atoms with Crippen molar-refractivity contribution in [1.82, 2.24) is 19.7 Å². The molecule has 0 N–H and O–H groups in total. The number of hydrogen-bond donors (Lipinski definition) is 0. The second kappa shape index (κ2) is 7.29. The van der Waals surface area contributed by atoms with Crippen molar-refractivity contribution >= 4 is 17.5 Å². The highest BCUT2D eigenvalue weighted by atomic mass is 16.6. The molecule has 0 saturated carbocycles. The van der Waals surface area contributed by atoms with Crippen molar-refractivity contribution < 1.29 is 14.5 Å². The third-order valence-corrected chi connectivity index (χ3v) is 4.59. The van der Waals surface area contributed by atoms with Gasteiger partial charge in [0.15, 0.2) is 5.82 Å². The van der Waals surface area contributed by atoms with E-state index in [1.165, 1.54) is 12.3 Å². The highest BCUT2D eigenvalue weighted by Crippen LogP contribution is 2.37. The van der Waals surface area contributed by atoms with Crippen molar-refractivity contribution in [3.8, 4) is 0 Å². The molecule has 0 spiro atoms. The number of anilines is 1. The SMILES string of the molecule is CCOC(=O)c1ccnc(N2CCn3c(C(C)C)nnc3C2C)c1[N+](=O)[O-]. The van der Waals surface area contributed by atoms with Crippen molar-refractivity contribution in [2.75, 3.05) is 18.1 Å². The lowest BCUT2D eigenvalue weighted by Crippen LogP contribution is -2.38. The van der Waals surface area contributed by atoms with Gasteiger partial charge in [0.25, 0.3) is 0 Å². The standard InChI is InChI=1S/C17H22N6O4/c1-5-27-17(24)12-6-7-18-16(13(12)23(25)26)21-8-9-22-14(10(2)3)19-20-15(22)11(21)4/h6-7,10-11H,5,8-9H2,1-4H3. The molecule has 10 nitrogen and oxygen atoms in total. The molecule has 0 aromatic carbocycles. The van der Waals surface area contributed by atoms with Gasteiger partial charge in [-0.1, -0.05) is 13.8 Å². The summed E-state index contributed by atoms with van der Waals surface area (Å²) in [6.45, 7) is 8.85. The van der Waals surface area contributed by atoms with Crippen molar-refractivity contribution in [2.45, 2.75) is 46.2 Å². The van der Waals surface area contributed by atoms with E-state index in [2.05, 4.69) is 15.2 Å². The van der Waals surface area contributed by atoms with Gasteiger partial charge in [-0.25, -0.2) is 9.78 Å². The predicted molar refractivity (Wildman–Crippen MR) is 96.7 cm³/mol. The summed E-state index contributed by atoms with van der Waals surface area (Å²) >= 11 is 0. The molecule has 0 fully saturated rings. The van der Waals surface area contributed by atoms with Gasteiger partial charge in [-0.2, -0.15) is 0 Å². The van der Waals surface area contributed by atoms with E-state index in [1.807, 2.05) is 25.3 Å². The van der Waals surface area contributed by atoms with Crippen molar-refractivity contribution in [1.29, 1.82) is 0 Å². The van der Waals surface area contributed by atoms with Crippen LogP contribution in [0.15, 0.2) is 12.3 Å². The molecule has 1 aliphatic rings. The number of nitro groups is 1. The fourth-order valence-electron chi connectivity index (χ4n) is 3.33. The maximum absolute atomic E-state index is 12.2. The van der Waals surface area contributed by atoms with E-state index in [9.17, 15) is 14.9 Å². The third kappa shape index (κ3) is 3.22. The van der Waals surface area contributed by atoms with Gasteiger partial charge < -0.3 is 14.2 Å². The Kier molecular flexibility index (Phi) is 5.06. The quantitative estimate of drug-likeness (QED) is 0.445. The molecule has 0 saturated heterocycles. The molecule has 1 unspecified atom stereocenters. The summed E-state index contributed by atoms with van der Waals surface area (Å²) in [5.74, 6) is 1.24. The minimum atomic E-state index is -0.734. The molecule has 144 valence electrons. The van der Waals surface area contributed by atoms with Crippen molar-refractivity contribution in [2.24, 2.45) is 0 Å². The molecule has 3 heterocycles. The van der Waals surface area contributed by atoms with Crippen molar-refractivity contribution in [3.05, 3.63) is 39.6 Å². The second-order valence-corrected chi connectivity index (χ2v) is 6.60. The number of rotatable bonds is 5. The van der Waals surface area contributed by atoms with Crippen LogP contribution in [-0.4, -0.2) is 43.8 Å². The van der Waals surface area contributed by atoms with Crippen LogP contribution in [0, 0.1) is 10.1 Å². The predicted octanol–water partition coefficient (Wildman–Crippen LogP) is 2.46. The van der Waals surface area contributed by atoms with Gasteiger partial charge in [-0.15, -0.1) is 10.2 Å². The number of hydrogen-bond acceptors (Lipinski definition) is 8. The number of fused-ring (bicyclic) bond motifs is 1. The van der Waals surface area contributed by atoms with Crippen LogP contribution in [0.4, 0.5) is 11.5 Å². The minimum absolute atomic E-state index is 0.103. The molecule has 1 aliphatic heterocycles. The first-order valence-corrected chi connectivity index (χ1v) is 8.86. The van der Waals surface area contributed by atoms with Crippen molar-refractivity contribution in [3.63, 3.8) is 0 Å². The normalized spacial score (nSPS) is 16.3. The lowest BCUT2D eigenvalue weighted by atomic mass is 10.1. The molecule has 3 rings (SSSR count). The zero-order valence-corrected chi connectivity index (χ0v) is 15.7.